The van der Waals surface area contributed by atoms with Crippen molar-refractivity contribution in [2.75, 3.05) is 0 Å². The Hall–Kier alpha value is -3.15. The van der Waals surface area contributed by atoms with Crippen molar-refractivity contribution in [3.8, 4) is 0 Å². The van der Waals surface area contributed by atoms with Crippen LogP contribution in [0.15, 0.2) is 39.5 Å². The molecule has 0 aliphatic rings. The lowest BCUT2D eigenvalue weighted by atomic mass is 10.0. The van der Waals surface area contributed by atoms with Gasteiger partial charge in [-0.1, -0.05) is 18.2 Å². The molecule has 0 saturated heterocycles. The highest BCUT2D eigenvalue weighted by atomic mass is 16.4. The predicted molar refractivity (Wildman–Crippen MR) is 93.6 cm³/mol. The molecular formula is C19H17NO5. The van der Waals surface area contributed by atoms with Gasteiger partial charge in [0.1, 0.15) is 11.2 Å². The Labute approximate surface area is 143 Å². The quantitative estimate of drug-likeness (QED) is 0.712. The molecule has 128 valence electrons. The van der Waals surface area contributed by atoms with Gasteiger partial charge >= 0.3 is 5.97 Å². The van der Waals surface area contributed by atoms with Crippen LogP contribution in [0.25, 0.3) is 21.9 Å². The molecule has 25 heavy (non-hydrogen) atoms. The van der Waals surface area contributed by atoms with Crippen LogP contribution in [0.5, 0.6) is 0 Å². The first-order valence-electron chi connectivity index (χ1n) is 7.81. The fraction of sp³-hybridized carbons (Fsp3) is 0.211. The maximum absolute atomic E-state index is 12.8. The summed E-state index contributed by atoms with van der Waals surface area (Å²) in [6.07, 6.45) is -0.226. The van der Waals surface area contributed by atoms with Gasteiger partial charge in [-0.15, -0.1) is 0 Å². The molecule has 0 radical (unpaired) electrons. The number of benzene rings is 2. The first kappa shape index (κ1) is 16.7. The molecule has 6 heteroatoms. The molecule has 0 aliphatic carbocycles. The van der Waals surface area contributed by atoms with E-state index in [0.717, 1.165) is 11.1 Å². The third kappa shape index (κ3) is 3.10. The molecule has 0 unspecified atom stereocenters. The Bertz CT molecular complexity index is 1060. The van der Waals surface area contributed by atoms with Crippen LogP contribution in [0.3, 0.4) is 0 Å². The Morgan fingerprint density at radius 2 is 1.80 bits per heavy atom. The summed E-state index contributed by atoms with van der Waals surface area (Å²) in [5.74, 6) is -1.14. The number of aliphatic carboxylic acids is 1. The monoisotopic (exact) mass is 339 g/mol. The van der Waals surface area contributed by atoms with E-state index in [1.165, 1.54) is 6.92 Å². The largest absolute Gasteiger partial charge is 0.481 e. The van der Waals surface area contributed by atoms with E-state index in [0.29, 0.717) is 34.0 Å². The van der Waals surface area contributed by atoms with E-state index in [9.17, 15) is 14.4 Å². The standard InChI is InChI=1S/C19H17NO5/c1-10-13(9-20-11(2)21)6-7-15-17(24)14-5-3-4-12(8-16(22)23)19(14)25-18(10)15/h3-7H,8-9H2,1-2H3,(H,20,21)(H,22,23). The number of rotatable bonds is 4. The normalized spacial score (nSPS) is 11.0. The van der Waals surface area contributed by atoms with Crippen molar-refractivity contribution in [2.45, 2.75) is 26.8 Å². The summed E-state index contributed by atoms with van der Waals surface area (Å²) in [6, 6.07) is 8.39. The zero-order valence-corrected chi connectivity index (χ0v) is 13.9. The molecule has 0 atom stereocenters. The molecule has 6 nitrogen and oxygen atoms in total. The number of hydrogen-bond donors (Lipinski definition) is 2. The maximum Gasteiger partial charge on any atom is 0.307 e. The van der Waals surface area contributed by atoms with Gasteiger partial charge in [0.2, 0.25) is 11.3 Å². The summed E-state index contributed by atoms with van der Waals surface area (Å²) < 4.78 is 5.96. The average molecular weight is 339 g/mol. The summed E-state index contributed by atoms with van der Waals surface area (Å²) in [6.45, 7) is 3.58. The number of para-hydroxylation sites is 1. The second-order valence-corrected chi connectivity index (χ2v) is 5.93. The van der Waals surface area contributed by atoms with Gasteiger partial charge in [-0.25, -0.2) is 0 Å². The molecule has 2 N–H and O–H groups in total. The number of carbonyl (C=O) groups is 2. The molecule has 3 rings (SSSR count). The highest BCUT2D eigenvalue weighted by molar-refractivity contribution is 5.93. The number of carboxylic acid groups (broad SMARTS) is 1. The van der Waals surface area contributed by atoms with E-state index >= 15 is 0 Å². The van der Waals surface area contributed by atoms with Crippen LogP contribution in [0, 0.1) is 6.92 Å². The molecule has 0 aliphatic heterocycles. The predicted octanol–water partition coefficient (Wildman–Crippen LogP) is 2.52. The Kier molecular flexibility index (Phi) is 4.27. The highest BCUT2D eigenvalue weighted by Crippen LogP contribution is 2.26. The van der Waals surface area contributed by atoms with Gasteiger partial charge in [0, 0.05) is 19.0 Å². The molecule has 0 bridgehead atoms. The number of fused-ring (bicyclic) bond motifs is 2. The van der Waals surface area contributed by atoms with Crippen molar-refractivity contribution in [3.63, 3.8) is 0 Å². The molecule has 0 saturated carbocycles. The summed E-state index contributed by atoms with van der Waals surface area (Å²) >= 11 is 0. The van der Waals surface area contributed by atoms with Gasteiger partial charge in [0.05, 0.1) is 17.2 Å². The molecule has 3 aromatic rings. The minimum atomic E-state index is -0.994. The Morgan fingerprint density at radius 1 is 1.08 bits per heavy atom. The minimum absolute atomic E-state index is 0.150. The zero-order chi connectivity index (χ0) is 18.1. The van der Waals surface area contributed by atoms with Crippen LogP contribution in [-0.4, -0.2) is 17.0 Å². The van der Waals surface area contributed by atoms with E-state index in [1.54, 1.807) is 30.3 Å². The average Bonchev–Trinajstić information content (AvgIpc) is 2.55. The smallest absolute Gasteiger partial charge is 0.307 e. The van der Waals surface area contributed by atoms with Crippen LogP contribution >= 0.6 is 0 Å². The van der Waals surface area contributed by atoms with Gasteiger partial charge in [0.15, 0.2) is 0 Å². The van der Waals surface area contributed by atoms with E-state index in [2.05, 4.69) is 5.32 Å². The van der Waals surface area contributed by atoms with E-state index < -0.39 is 5.97 Å². The van der Waals surface area contributed by atoms with Gasteiger partial charge in [-0.2, -0.15) is 0 Å². The summed E-state index contributed by atoms with van der Waals surface area (Å²) in [5.41, 5.74) is 2.55. The van der Waals surface area contributed by atoms with Gasteiger partial charge < -0.3 is 14.8 Å². The lowest BCUT2D eigenvalue weighted by Gasteiger charge is -2.11. The van der Waals surface area contributed by atoms with E-state index in [1.807, 2.05) is 6.92 Å². The van der Waals surface area contributed by atoms with Crippen molar-refractivity contribution in [1.29, 1.82) is 0 Å². The summed E-state index contributed by atoms with van der Waals surface area (Å²) in [5, 5.41) is 12.6. The van der Waals surface area contributed by atoms with E-state index in [-0.39, 0.29) is 17.8 Å². The minimum Gasteiger partial charge on any atom is -0.481 e. The van der Waals surface area contributed by atoms with Crippen LogP contribution < -0.4 is 10.7 Å². The zero-order valence-electron chi connectivity index (χ0n) is 13.9. The van der Waals surface area contributed by atoms with Crippen molar-refractivity contribution in [1.82, 2.24) is 5.32 Å². The second kappa shape index (κ2) is 6.39. The summed E-state index contributed by atoms with van der Waals surface area (Å²) in [7, 11) is 0. The first-order chi connectivity index (χ1) is 11.9. The number of nitrogens with one attached hydrogen (secondary N) is 1. The molecular weight excluding hydrogens is 322 g/mol. The number of hydrogen-bond acceptors (Lipinski definition) is 4. The molecule has 1 amide bonds. The number of carboxylic acids is 1. The highest BCUT2D eigenvalue weighted by Gasteiger charge is 2.15. The number of carbonyl (C=O) groups excluding carboxylic acids is 1. The molecule has 1 heterocycles. The Balaban J connectivity index is 2.27. The third-order valence-corrected chi connectivity index (χ3v) is 4.18. The van der Waals surface area contributed by atoms with Crippen molar-refractivity contribution in [3.05, 3.63) is 57.2 Å². The SMILES string of the molecule is CC(=O)NCc1ccc2c(=O)c3cccc(CC(=O)O)c3oc2c1C. The van der Waals surface area contributed by atoms with Crippen LogP contribution in [0.4, 0.5) is 0 Å². The van der Waals surface area contributed by atoms with Crippen molar-refractivity contribution < 1.29 is 19.1 Å². The molecule has 2 aromatic carbocycles. The third-order valence-electron chi connectivity index (χ3n) is 4.18. The van der Waals surface area contributed by atoms with Crippen LogP contribution in [0.2, 0.25) is 0 Å². The summed E-state index contributed by atoms with van der Waals surface area (Å²) in [4.78, 5) is 35.0. The second-order valence-electron chi connectivity index (χ2n) is 5.93. The van der Waals surface area contributed by atoms with E-state index in [4.69, 9.17) is 9.52 Å². The molecule has 0 fully saturated rings. The van der Waals surface area contributed by atoms with Crippen LogP contribution in [0.1, 0.15) is 23.6 Å². The molecule has 1 aromatic heterocycles. The van der Waals surface area contributed by atoms with Gasteiger partial charge in [-0.3, -0.25) is 14.4 Å². The lowest BCUT2D eigenvalue weighted by molar-refractivity contribution is -0.136. The lowest BCUT2D eigenvalue weighted by Crippen LogP contribution is -2.19. The molecule has 0 spiro atoms. The van der Waals surface area contributed by atoms with Crippen molar-refractivity contribution in [2.24, 2.45) is 0 Å². The number of aryl methyl sites for hydroxylation is 1. The van der Waals surface area contributed by atoms with Crippen molar-refractivity contribution >= 4 is 33.8 Å². The topological polar surface area (TPSA) is 96.6 Å². The van der Waals surface area contributed by atoms with Crippen LogP contribution in [-0.2, 0) is 22.6 Å². The number of amides is 1. The Morgan fingerprint density at radius 3 is 2.48 bits per heavy atom. The fourth-order valence-electron chi connectivity index (χ4n) is 2.89. The van der Waals surface area contributed by atoms with Gasteiger partial charge in [-0.05, 0) is 30.2 Å². The fourth-order valence-corrected chi connectivity index (χ4v) is 2.89. The maximum atomic E-state index is 12.8. The van der Waals surface area contributed by atoms with Gasteiger partial charge in [0.25, 0.3) is 0 Å². The first-order valence-corrected chi connectivity index (χ1v) is 7.81.